The first-order valence-corrected chi connectivity index (χ1v) is 6.63. The largest absolute Gasteiger partial charge is 0.389 e. The van der Waals surface area contributed by atoms with Crippen molar-refractivity contribution in [2.45, 2.75) is 37.8 Å². The molecule has 0 radical (unpaired) electrons. The monoisotopic (exact) mass is 252 g/mol. The van der Waals surface area contributed by atoms with Crippen LogP contribution in [0.1, 0.15) is 31.4 Å². The number of hydrogen-bond acceptors (Lipinski definition) is 4. The molecule has 0 amide bonds. The molecule has 102 valence electrons. The Morgan fingerprint density at radius 3 is 2.67 bits per heavy atom. The van der Waals surface area contributed by atoms with Gasteiger partial charge in [0.25, 0.3) is 0 Å². The molecule has 2 rings (SSSR count). The van der Waals surface area contributed by atoms with Crippen molar-refractivity contribution in [3.8, 4) is 0 Å². The molecule has 1 heterocycles. The van der Waals surface area contributed by atoms with Gasteiger partial charge >= 0.3 is 0 Å². The Morgan fingerprint density at radius 2 is 2.11 bits per heavy atom. The van der Waals surface area contributed by atoms with Crippen LogP contribution in [0.15, 0.2) is 6.20 Å². The second-order valence-electron chi connectivity index (χ2n) is 5.54. The Morgan fingerprint density at radius 1 is 1.44 bits per heavy atom. The SMILES string of the molecule is CN(C)c1ncc(CNCC2(O)CCCC2)n1C. The highest BCUT2D eigenvalue weighted by Gasteiger charge is 2.30. The van der Waals surface area contributed by atoms with Crippen LogP contribution in [0, 0.1) is 0 Å². The highest BCUT2D eigenvalue weighted by molar-refractivity contribution is 5.30. The van der Waals surface area contributed by atoms with Gasteiger partial charge in [0.15, 0.2) is 0 Å². The van der Waals surface area contributed by atoms with E-state index in [1.54, 1.807) is 0 Å². The fraction of sp³-hybridized carbons (Fsp3) is 0.769. The average molecular weight is 252 g/mol. The number of nitrogens with one attached hydrogen (secondary N) is 1. The summed E-state index contributed by atoms with van der Waals surface area (Å²) in [6.07, 6.45) is 6.03. The zero-order chi connectivity index (χ0) is 13.2. The summed E-state index contributed by atoms with van der Waals surface area (Å²) in [7, 11) is 5.99. The minimum atomic E-state index is -0.483. The van der Waals surface area contributed by atoms with Gasteiger partial charge < -0.3 is 19.9 Å². The first-order chi connectivity index (χ1) is 8.52. The maximum atomic E-state index is 10.2. The van der Waals surface area contributed by atoms with E-state index in [0.29, 0.717) is 6.54 Å². The van der Waals surface area contributed by atoms with E-state index in [0.717, 1.165) is 43.9 Å². The molecular weight excluding hydrogens is 228 g/mol. The molecule has 5 nitrogen and oxygen atoms in total. The van der Waals surface area contributed by atoms with Gasteiger partial charge in [-0.1, -0.05) is 12.8 Å². The van der Waals surface area contributed by atoms with E-state index in [4.69, 9.17) is 0 Å². The van der Waals surface area contributed by atoms with Crippen molar-refractivity contribution in [2.75, 3.05) is 25.5 Å². The van der Waals surface area contributed by atoms with Crippen molar-refractivity contribution in [1.82, 2.24) is 14.9 Å². The van der Waals surface area contributed by atoms with Gasteiger partial charge in [-0.05, 0) is 12.8 Å². The van der Waals surface area contributed by atoms with Crippen molar-refractivity contribution < 1.29 is 5.11 Å². The number of rotatable bonds is 5. The number of aromatic nitrogens is 2. The Kier molecular flexibility index (Phi) is 3.92. The van der Waals surface area contributed by atoms with Crippen molar-refractivity contribution in [2.24, 2.45) is 7.05 Å². The zero-order valence-electron chi connectivity index (χ0n) is 11.6. The predicted octanol–water partition coefficient (Wildman–Crippen LogP) is 0.881. The maximum absolute atomic E-state index is 10.2. The third-order valence-electron chi connectivity index (χ3n) is 3.75. The molecule has 1 aromatic heterocycles. The van der Waals surface area contributed by atoms with Gasteiger partial charge in [0, 0.05) is 34.2 Å². The molecule has 1 aliphatic carbocycles. The first kappa shape index (κ1) is 13.4. The molecule has 0 bridgehead atoms. The molecule has 2 N–H and O–H groups in total. The summed E-state index contributed by atoms with van der Waals surface area (Å²) in [6, 6.07) is 0. The summed E-state index contributed by atoms with van der Waals surface area (Å²) in [5.74, 6) is 0.950. The smallest absolute Gasteiger partial charge is 0.204 e. The van der Waals surface area contributed by atoms with Gasteiger partial charge in [0.05, 0.1) is 17.5 Å². The molecule has 0 unspecified atom stereocenters. The molecule has 5 heteroatoms. The van der Waals surface area contributed by atoms with Gasteiger partial charge in [-0.3, -0.25) is 0 Å². The van der Waals surface area contributed by atoms with E-state index in [2.05, 4.69) is 14.9 Å². The van der Waals surface area contributed by atoms with Gasteiger partial charge in [0.2, 0.25) is 5.95 Å². The summed E-state index contributed by atoms with van der Waals surface area (Å²) < 4.78 is 2.08. The fourth-order valence-corrected chi connectivity index (χ4v) is 2.65. The summed E-state index contributed by atoms with van der Waals surface area (Å²) in [4.78, 5) is 6.36. The van der Waals surface area contributed by atoms with E-state index in [9.17, 15) is 5.11 Å². The standard InChI is InChI=1S/C13H24N4O/c1-16(2)12-15-9-11(17(12)3)8-14-10-13(18)6-4-5-7-13/h9,14,18H,4-8,10H2,1-3H3. The summed E-state index contributed by atoms with van der Waals surface area (Å²) in [6.45, 7) is 1.43. The Bertz CT molecular complexity index is 394. The van der Waals surface area contributed by atoms with E-state index in [1.807, 2.05) is 32.2 Å². The van der Waals surface area contributed by atoms with Crippen molar-refractivity contribution in [3.63, 3.8) is 0 Å². The molecule has 0 spiro atoms. The van der Waals surface area contributed by atoms with Gasteiger partial charge in [0.1, 0.15) is 0 Å². The lowest BCUT2D eigenvalue weighted by Gasteiger charge is -2.22. The minimum absolute atomic E-state index is 0.483. The van der Waals surface area contributed by atoms with E-state index >= 15 is 0 Å². The molecule has 1 aliphatic rings. The molecule has 0 saturated heterocycles. The molecule has 18 heavy (non-hydrogen) atoms. The average Bonchev–Trinajstić information content (AvgIpc) is 2.87. The number of hydrogen-bond donors (Lipinski definition) is 2. The highest BCUT2D eigenvalue weighted by atomic mass is 16.3. The summed E-state index contributed by atoms with van der Waals surface area (Å²) >= 11 is 0. The van der Waals surface area contributed by atoms with Crippen LogP contribution in [0.5, 0.6) is 0 Å². The quantitative estimate of drug-likeness (QED) is 0.817. The molecule has 0 aromatic carbocycles. The lowest BCUT2D eigenvalue weighted by molar-refractivity contribution is 0.0473. The van der Waals surface area contributed by atoms with Crippen molar-refractivity contribution in [1.29, 1.82) is 0 Å². The van der Waals surface area contributed by atoms with Gasteiger partial charge in [-0.25, -0.2) is 4.98 Å². The molecule has 1 saturated carbocycles. The Labute approximate surface area is 109 Å². The topological polar surface area (TPSA) is 53.3 Å². The number of nitrogens with zero attached hydrogens (tertiary/aromatic N) is 3. The first-order valence-electron chi connectivity index (χ1n) is 6.63. The van der Waals surface area contributed by atoms with Crippen LogP contribution >= 0.6 is 0 Å². The summed E-state index contributed by atoms with van der Waals surface area (Å²) in [5.41, 5.74) is 0.656. The maximum Gasteiger partial charge on any atom is 0.204 e. The Balaban J connectivity index is 1.87. The minimum Gasteiger partial charge on any atom is -0.389 e. The number of aliphatic hydroxyl groups is 1. The van der Waals surface area contributed by atoms with Crippen LogP contribution in [0.4, 0.5) is 5.95 Å². The zero-order valence-corrected chi connectivity index (χ0v) is 11.6. The van der Waals surface area contributed by atoms with Crippen molar-refractivity contribution in [3.05, 3.63) is 11.9 Å². The third kappa shape index (κ3) is 2.84. The van der Waals surface area contributed by atoms with Crippen LogP contribution < -0.4 is 10.2 Å². The van der Waals surface area contributed by atoms with E-state index < -0.39 is 5.60 Å². The predicted molar refractivity (Wildman–Crippen MR) is 72.7 cm³/mol. The molecule has 1 aromatic rings. The van der Waals surface area contributed by atoms with Gasteiger partial charge in [-0.2, -0.15) is 0 Å². The third-order valence-corrected chi connectivity index (χ3v) is 3.75. The Hall–Kier alpha value is -1.07. The van der Waals surface area contributed by atoms with Crippen LogP contribution in [-0.2, 0) is 13.6 Å². The normalized spacial score (nSPS) is 18.2. The molecular formula is C13H24N4O. The second kappa shape index (κ2) is 5.28. The molecule has 1 fully saturated rings. The molecule has 0 aliphatic heterocycles. The van der Waals surface area contributed by atoms with E-state index in [1.165, 1.54) is 0 Å². The van der Waals surface area contributed by atoms with Crippen LogP contribution in [0.25, 0.3) is 0 Å². The van der Waals surface area contributed by atoms with Crippen LogP contribution in [0.3, 0.4) is 0 Å². The van der Waals surface area contributed by atoms with Crippen LogP contribution in [-0.4, -0.2) is 40.9 Å². The highest BCUT2D eigenvalue weighted by Crippen LogP contribution is 2.28. The second-order valence-corrected chi connectivity index (χ2v) is 5.54. The van der Waals surface area contributed by atoms with Crippen LogP contribution in [0.2, 0.25) is 0 Å². The van der Waals surface area contributed by atoms with E-state index in [-0.39, 0.29) is 0 Å². The lowest BCUT2D eigenvalue weighted by Crippen LogP contribution is -2.37. The lowest BCUT2D eigenvalue weighted by atomic mass is 10.0. The number of anilines is 1. The molecule has 0 atom stereocenters. The number of imidazole rings is 1. The summed E-state index contributed by atoms with van der Waals surface area (Å²) in [5, 5.41) is 13.6. The fourth-order valence-electron chi connectivity index (χ4n) is 2.65. The van der Waals surface area contributed by atoms with Gasteiger partial charge in [-0.15, -0.1) is 0 Å². The van der Waals surface area contributed by atoms with Crippen molar-refractivity contribution >= 4 is 5.95 Å².